The van der Waals surface area contributed by atoms with Gasteiger partial charge in [0.1, 0.15) is 17.3 Å². The highest BCUT2D eigenvalue weighted by Crippen LogP contribution is 2.36. The normalized spacial score (nSPS) is 11.0. The molecule has 0 saturated carbocycles. The Balaban J connectivity index is 1.69. The topological polar surface area (TPSA) is 57.5 Å². The van der Waals surface area contributed by atoms with Gasteiger partial charge in [-0.05, 0) is 68.3 Å². The molecule has 0 bridgehead atoms. The largest absolute Gasteiger partial charge is 0.497 e. The van der Waals surface area contributed by atoms with Gasteiger partial charge in [-0.3, -0.25) is 4.79 Å². The summed E-state index contributed by atoms with van der Waals surface area (Å²) in [6.07, 6.45) is 2.14. The Labute approximate surface area is 181 Å². The molecule has 0 aliphatic heterocycles. The van der Waals surface area contributed by atoms with Crippen molar-refractivity contribution in [2.45, 2.75) is 32.6 Å². The number of carbonyl (C=O) groups is 2. The van der Waals surface area contributed by atoms with Crippen LogP contribution in [-0.4, -0.2) is 23.4 Å². The highest BCUT2D eigenvalue weighted by Gasteiger charge is 2.15. The fraction of sp³-hybridized carbons (Fsp3) is 0.231. The SMILES string of the molecule is COc1ccc2c(c1)c1cc(OC(=O)CCCCC(C)=O)ccc1n2-c1ccccc1. The molecule has 4 aromatic rings. The Hall–Kier alpha value is -3.60. The highest BCUT2D eigenvalue weighted by molar-refractivity contribution is 6.10. The lowest BCUT2D eigenvalue weighted by atomic mass is 10.1. The Bertz CT molecular complexity index is 1240. The van der Waals surface area contributed by atoms with Crippen LogP contribution in [0.4, 0.5) is 0 Å². The molecule has 1 heterocycles. The number of carbonyl (C=O) groups excluding carboxylic acids is 2. The molecule has 5 nitrogen and oxygen atoms in total. The van der Waals surface area contributed by atoms with Crippen LogP contribution in [0.15, 0.2) is 66.7 Å². The Morgan fingerprint density at radius 2 is 1.42 bits per heavy atom. The van der Waals surface area contributed by atoms with Crippen LogP contribution in [0, 0.1) is 0 Å². The van der Waals surface area contributed by atoms with E-state index in [0.29, 0.717) is 31.4 Å². The maximum Gasteiger partial charge on any atom is 0.311 e. The Morgan fingerprint density at radius 1 is 0.806 bits per heavy atom. The first-order chi connectivity index (χ1) is 15.1. The number of hydrogen-bond acceptors (Lipinski definition) is 4. The van der Waals surface area contributed by atoms with E-state index in [1.807, 2.05) is 54.6 Å². The van der Waals surface area contributed by atoms with Crippen molar-refractivity contribution in [1.82, 2.24) is 4.57 Å². The van der Waals surface area contributed by atoms with Crippen molar-refractivity contribution in [3.63, 3.8) is 0 Å². The van der Waals surface area contributed by atoms with Gasteiger partial charge in [0.25, 0.3) is 0 Å². The number of nitrogens with zero attached hydrogens (tertiary/aromatic N) is 1. The number of rotatable bonds is 8. The van der Waals surface area contributed by atoms with Gasteiger partial charge in [0, 0.05) is 29.3 Å². The fourth-order valence-electron chi connectivity index (χ4n) is 3.85. The zero-order chi connectivity index (χ0) is 21.8. The van der Waals surface area contributed by atoms with E-state index in [2.05, 4.69) is 16.7 Å². The van der Waals surface area contributed by atoms with E-state index < -0.39 is 0 Å². The quantitative estimate of drug-likeness (QED) is 0.206. The summed E-state index contributed by atoms with van der Waals surface area (Å²) in [5.41, 5.74) is 3.13. The number of para-hydroxylation sites is 1. The van der Waals surface area contributed by atoms with Crippen LogP contribution in [0.1, 0.15) is 32.6 Å². The second-order valence-electron chi connectivity index (χ2n) is 7.62. The summed E-state index contributed by atoms with van der Waals surface area (Å²) in [6.45, 7) is 1.56. The number of aromatic nitrogens is 1. The van der Waals surface area contributed by atoms with Crippen molar-refractivity contribution in [2.24, 2.45) is 0 Å². The molecule has 0 fully saturated rings. The lowest BCUT2D eigenvalue weighted by Crippen LogP contribution is -2.07. The van der Waals surface area contributed by atoms with E-state index >= 15 is 0 Å². The first-order valence-electron chi connectivity index (χ1n) is 10.4. The number of ketones is 1. The van der Waals surface area contributed by atoms with E-state index in [0.717, 1.165) is 33.2 Å². The molecule has 31 heavy (non-hydrogen) atoms. The Morgan fingerprint density at radius 3 is 2.06 bits per heavy atom. The third-order valence-electron chi connectivity index (χ3n) is 5.35. The number of unbranched alkanes of at least 4 members (excludes halogenated alkanes) is 1. The second kappa shape index (κ2) is 9.04. The number of ether oxygens (including phenoxy) is 2. The lowest BCUT2D eigenvalue weighted by Gasteiger charge is -2.08. The molecule has 5 heteroatoms. The van der Waals surface area contributed by atoms with Crippen molar-refractivity contribution in [2.75, 3.05) is 7.11 Å². The molecule has 4 rings (SSSR count). The molecule has 1 aromatic heterocycles. The standard InChI is InChI=1S/C26H25NO4/c1-18(28)8-6-7-11-26(29)31-21-13-15-25-23(17-21)22-16-20(30-2)12-14-24(22)27(25)19-9-4-3-5-10-19/h3-5,9-10,12-17H,6-8,11H2,1-2H3. The first kappa shape index (κ1) is 20.7. The molecule has 0 aliphatic carbocycles. The number of hydrogen-bond donors (Lipinski definition) is 0. The van der Waals surface area contributed by atoms with E-state index in [-0.39, 0.29) is 11.8 Å². The van der Waals surface area contributed by atoms with E-state index in [1.165, 1.54) is 0 Å². The van der Waals surface area contributed by atoms with Gasteiger partial charge in [0.15, 0.2) is 0 Å². The predicted molar refractivity (Wildman–Crippen MR) is 122 cm³/mol. The second-order valence-corrected chi connectivity index (χ2v) is 7.62. The van der Waals surface area contributed by atoms with E-state index in [9.17, 15) is 9.59 Å². The highest BCUT2D eigenvalue weighted by atomic mass is 16.5. The summed E-state index contributed by atoms with van der Waals surface area (Å²) >= 11 is 0. The summed E-state index contributed by atoms with van der Waals surface area (Å²) in [6, 6.07) is 21.9. The smallest absolute Gasteiger partial charge is 0.311 e. The van der Waals surface area contributed by atoms with Gasteiger partial charge < -0.3 is 18.8 Å². The van der Waals surface area contributed by atoms with Crippen molar-refractivity contribution in [1.29, 1.82) is 0 Å². The molecular weight excluding hydrogens is 390 g/mol. The molecular formula is C26H25NO4. The third-order valence-corrected chi connectivity index (χ3v) is 5.35. The average Bonchev–Trinajstić information content (AvgIpc) is 3.10. The number of Topliss-reactive ketones (excluding diaryl/α,β-unsaturated/α-hetero) is 1. The Kier molecular flexibility index (Phi) is 6.03. The van der Waals surface area contributed by atoms with Crippen LogP contribution in [0.3, 0.4) is 0 Å². The van der Waals surface area contributed by atoms with Gasteiger partial charge in [-0.2, -0.15) is 0 Å². The van der Waals surface area contributed by atoms with Crippen LogP contribution in [0.5, 0.6) is 11.5 Å². The molecule has 3 aromatic carbocycles. The fourth-order valence-corrected chi connectivity index (χ4v) is 3.85. The molecule has 0 atom stereocenters. The predicted octanol–water partition coefficient (Wildman–Crippen LogP) is 5.85. The average molecular weight is 415 g/mol. The van der Waals surface area contributed by atoms with E-state index in [4.69, 9.17) is 9.47 Å². The molecule has 0 aliphatic rings. The van der Waals surface area contributed by atoms with Crippen molar-refractivity contribution >= 4 is 33.6 Å². The molecule has 0 radical (unpaired) electrons. The molecule has 0 N–H and O–H groups in total. The van der Waals surface area contributed by atoms with Crippen molar-refractivity contribution < 1.29 is 19.1 Å². The molecule has 158 valence electrons. The first-order valence-corrected chi connectivity index (χ1v) is 10.4. The van der Waals surface area contributed by atoms with Crippen molar-refractivity contribution in [3.05, 3.63) is 66.7 Å². The zero-order valence-corrected chi connectivity index (χ0v) is 17.8. The van der Waals surface area contributed by atoms with Gasteiger partial charge in [-0.25, -0.2) is 0 Å². The maximum atomic E-state index is 12.3. The number of esters is 1. The number of methoxy groups -OCH3 is 1. The van der Waals surface area contributed by atoms with Crippen LogP contribution < -0.4 is 9.47 Å². The summed E-state index contributed by atoms with van der Waals surface area (Å²) in [5.74, 6) is 1.14. The maximum absolute atomic E-state index is 12.3. The number of benzene rings is 3. The summed E-state index contributed by atoms with van der Waals surface area (Å²) < 4.78 is 13.2. The summed E-state index contributed by atoms with van der Waals surface area (Å²) in [7, 11) is 1.65. The minimum atomic E-state index is -0.285. The van der Waals surface area contributed by atoms with Gasteiger partial charge in [0.2, 0.25) is 0 Å². The van der Waals surface area contributed by atoms with E-state index in [1.54, 1.807) is 14.0 Å². The van der Waals surface area contributed by atoms with Gasteiger partial charge >= 0.3 is 5.97 Å². The molecule has 0 unspecified atom stereocenters. The third kappa shape index (κ3) is 4.45. The monoisotopic (exact) mass is 415 g/mol. The molecule has 0 saturated heterocycles. The summed E-state index contributed by atoms with van der Waals surface area (Å²) in [4.78, 5) is 23.3. The van der Waals surface area contributed by atoms with Gasteiger partial charge in [-0.1, -0.05) is 18.2 Å². The van der Waals surface area contributed by atoms with Gasteiger partial charge in [-0.15, -0.1) is 0 Å². The molecule has 0 amide bonds. The minimum absolute atomic E-state index is 0.143. The van der Waals surface area contributed by atoms with Crippen LogP contribution >= 0.6 is 0 Å². The van der Waals surface area contributed by atoms with Gasteiger partial charge in [0.05, 0.1) is 18.1 Å². The van der Waals surface area contributed by atoms with Crippen LogP contribution in [0.2, 0.25) is 0 Å². The number of fused-ring (bicyclic) bond motifs is 3. The minimum Gasteiger partial charge on any atom is -0.497 e. The van der Waals surface area contributed by atoms with Crippen molar-refractivity contribution in [3.8, 4) is 17.2 Å². The molecule has 0 spiro atoms. The zero-order valence-electron chi connectivity index (χ0n) is 17.8. The van der Waals surface area contributed by atoms with Crippen LogP contribution in [-0.2, 0) is 9.59 Å². The summed E-state index contributed by atoms with van der Waals surface area (Å²) in [5, 5.41) is 2.01. The van der Waals surface area contributed by atoms with Crippen LogP contribution in [0.25, 0.3) is 27.5 Å². The lowest BCUT2D eigenvalue weighted by molar-refractivity contribution is -0.134.